The zero-order chi connectivity index (χ0) is 55.7. The van der Waals surface area contributed by atoms with Gasteiger partial charge in [0.1, 0.15) is 13.2 Å². The van der Waals surface area contributed by atoms with Gasteiger partial charge in [0.15, 0.2) is 6.10 Å². The van der Waals surface area contributed by atoms with Crippen LogP contribution in [0.25, 0.3) is 0 Å². The topological polar surface area (TPSA) is 78.9 Å². The molecule has 0 saturated heterocycles. The van der Waals surface area contributed by atoms with Gasteiger partial charge in [0.25, 0.3) is 0 Å². The van der Waals surface area contributed by atoms with Crippen LogP contribution in [0.15, 0.2) is 158 Å². The molecular weight excluding hydrogens is 949 g/mol. The highest BCUT2D eigenvalue weighted by molar-refractivity contribution is 5.71. The van der Waals surface area contributed by atoms with Crippen LogP contribution < -0.4 is 0 Å². The number of hydrogen-bond acceptors (Lipinski definition) is 6. The van der Waals surface area contributed by atoms with Crippen molar-refractivity contribution in [2.45, 2.75) is 258 Å². The van der Waals surface area contributed by atoms with E-state index in [0.717, 1.165) is 116 Å². The predicted molar refractivity (Wildman–Crippen MR) is 334 cm³/mol. The smallest absolute Gasteiger partial charge is 0.306 e. The number of unbranched alkanes of at least 4 members (excludes halogenated alkanes) is 17. The Hall–Kier alpha value is -4.97. The van der Waals surface area contributed by atoms with Crippen LogP contribution in [0.1, 0.15) is 252 Å². The molecule has 0 spiro atoms. The molecule has 0 aromatic carbocycles. The molecule has 1 atom stereocenters. The van der Waals surface area contributed by atoms with E-state index in [4.69, 9.17) is 14.2 Å². The molecule has 0 heterocycles. The molecule has 432 valence electrons. The zero-order valence-electron chi connectivity index (χ0n) is 49.4. The Morgan fingerprint density at radius 2 is 0.494 bits per heavy atom. The molecule has 0 N–H and O–H groups in total. The first-order chi connectivity index (χ1) is 38.0. The number of rotatable bonds is 54. The summed E-state index contributed by atoms with van der Waals surface area (Å²) in [6.07, 6.45) is 92.8. The molecule has 0 aliphatic carbocycles. The van der Waals surface area contributed by atoms with E-state index in [0.29, 0.717) is 19.3 Å². The SMILES string of the molecule is CC/C=C\C/C=C\C/C=C\C/C=C\C/C=C\CCCCCCCCCCCCCCCCCC(=O)OCC(COC(=O)CC/C=C\C/C=C\C/C=C\C/C=C\CC)OC(=O)CCCC/C=C\C/C=C\C/C=C\C/C=C\CC. The molecule has 77 heavy (non-hydrogen) atoms. The van der Waals surface area contributed by atoms with Gasteiger partial charge < -0.3 is 14.2 Å². The van der Waals surface area contributed by atoms with Crippen molar-refractivity contribution in [1.29, 1.82) is 0 Å². The van der Waals surface area contributed by atoms with Crippen molar-refractivity contribution in [3.8, 4) is 0 Å². The molecule has 6 heteroatoms. The summed E-state index contributed by atoms with van der Waals surface area (Å²) in [5.74, 6) is -1.05. The monoisotopic (exact) mass is 1060 g/mol. The third-order valence-electron chi connectivity index (χ3n) is 12.5. The average molecular weight is 1060 g/mol. The van der Waals surface area contributed by atoms with Gasteiger partial charge in [-0.2, -0.15) is 0 Å². The maximum absolute atomic E-state index is 12.8. The Labute approximate surface area is 473 Å². The Bertz CT molecular complexity index is 1740. The predicted octanol–water partition coefficient (Wildman–Crippen LogP) is 21.3. The second-order valence-corrected chi connectivity index (χ2v) is 19.8. The molecule has 0 rings (SSSR count). The van der Waals surface area contributed by atoms with Gasteiger partial charge >= 0.3 is 17.9 Å². The first kappa shape index (κ1) is 72.0. The van der Waals surface area contributed by atoms with Crippen LogP contribution in [0.4, 0.5) is 0 Å². The second kappa shape index (κ2) is 63.6. The highest BCUT2D eigenvalue weighted by Crippen LogP contribution is 2.15. The third-order valence-corrected chi connectivity index (χ3v) is 12.5. The molecule has 0 bridgehead atoms. The quantitative estimate of drug-likeness (QED) is 0.0261. The lowest BCUT2D eigenvalue weighted by Crippen LogP contribution is -2.30. The Morgan fingerprint density at radius 1 is 0.260 bits per heavy atom. The van der Waals surface area contributed by atoms with Gasteiger partial charge in [0.2, 0.25) is 0 Å². The van der Waals surface area contributed by atoms with Crippen LogP contribution in [-0.4, -0.2) is 37.2 Å². The second-order valence-electron chi connectivity index (χ2n) is 19.8. The normalized spacial score (nSPS) is 13.2. The van der Waals surface area contributed by atoms with Crippen LogP contribution >= 0.6 is 0 Å². The van der Waals surface area contributed by atoms with Crippen molar-refractivity contribution in [1.82, 2.24) is 0 Å². The highest BCUT2D eigenvalue weighted by atomic mass is 16.6. The van der Waals surface area contributed by atoms with Crippen molar-refractivity contribution in [2.24, 2.45) is 0 Å². The minimum atomic E-state index is -0.835. The summed E-state index contributed by atoms with van der Waals surface area (Å²) in [7, 11) is 0. The van der Waals surface area contributed by atoms with Crippen LogP contribution in [0, 0.1) is 0 Å². The summed E-state index contributed by atoms with van der Waals surface area (Å²) in [4.78, 5) is 38.1. The Balaban J connectivity index is 4.30. The fourth-order valence-electron chi connectivity index (χ4n) is 8.00. The van der Waals surface area contributed by atoms with Gasteiger partial charge in [-0.05, 0) is 128 Å². The van der Waals surface area contributed by atoms with E-state index in [1.54, 1.807) is 0 Å². The molecule has 0 radical (unpaired) electrons. The summed E-state index contributed by atoms with van der Waals surface area (Å²) >= 11 is 0. The number of esters is 3. The van der Waals surface area contributed by atoms with E-state index in [2.05, 4.69) is 167 Å². The van der Waals surface area contributed by atoms with Gasteiger partial charge in [-0.15, -0.1) is 0 Å². The van der Waals surface area contributed by atoms with Gasteiger partial charge in [-0.1, -0.05) is 262 Å². The lowest BCUT2D eigenvalue weighted by atomic mass is 10.0. The van der Waals surface area contributed by atoms with E-state index >= 15 is 0 Å². The number of carbonyl (C=O) groups excluding carboxylic acids is 3. The molecule has 0 saturated carbocycles. The summed E-state index contributed by atoms with van der Waals surface area (Å²) < 4.78 is 16.8. The van der Waals surface area contributed by atoms with E-state index < -0.39 is 6.10 Å². The van der Waals surface area contributed by atoms with E-state index in [-0.39, 0.29) is 44.0 Å². The van der Waals surface area contributed by atoms with Crippen molar-refractivity contribution in [3.63, 3.8) is 0 Å². The first-order valence-corrected chi connectivity index (χ1v) is 31.0. The van der Waals surface area contributed by atoms with Crippen LogP contribution in [0.3, 0.4) is 0 Å². The maximum atomic E-state index is 12.8. The maximum Gasteiger partial charge on any atom is 0.306 e. The van der Waals surface area contributed by atoms with E-state index in [1.807, 2.05) is 12.2 Å². The molecule has 1 unspecified atom stereocenters. The average Bonchev–Trinajstić information content (AvgIpc) is 3.43. The van der Waals surface area contributed by atoms with Crippen LogP contribution in [0.2, 0.25) is 0 Å². The number of carbonyl (C=O) groups is 3. The van der Waals surface area contributed by atoms with Gasteiger partial charge in [-0.25, -0.2) is 0 Å². The molecule has 0 aromatic heterocycles. The fourth-order valence-corrected chi connectivity index (χ4v) is 8.00. The number of allylic oxidation sites excluding steroid dienone is 26. The minimum absolute atomic E-state index is 0.122. The molecule has 6 nitrogen and oxygen atoms in total. The molecular formula is C71H112O6. The zero-order valence-corrected chi connectivity index (χ0v) is 49.4. The van der Waals surface area contributed by atoms with Gasteiger partial charge in [0, 0.05) is 19.3 Å². The van der Waals surface area contributed by atoms with Crippen molar-refractivity contribution in [2.75, 3.05) is 13.2 Å². The summed E-state index contributed by atoms with van der Waals surface area (Å²) in [5.41, 5.74) is 0. The van der Waals surface area contributed by atoms with Crippen molar-refractivity contribution >= 4 is 17.9 Å². The lowest BCUT2D eigenvalue weighted by molar-refractivity contribution is -0.166. The molecule has 0 amide bonds. The van der Waals surface area contributed by atoms with Crippen LogP contribution in [0.5, 0.6) is 0 Å². The Kier molecular flexibility index (Phi) is 59.5. The fraction of sp³-hybridized carbons (Fsp3) is 0.592. The van der Waals surface area contributed by atoms with E-state index in [9.17, 15) is 14.4 Å². The standard InChI is InChI=1S/C71H112O6/c1-4-7-10-13-16-19-22-25-27-28-29-30-31-32-33-34-35-36-37-38-39-40-41-42-44-46-49-52-55-58-61-64-70(73)76-67-68(66-75-69(72)63-60-57-54-51-48-45-24-21-18-15-12-9-6-3)77-71(74)65-62-59-56-53-50-47-43-26-23-20-17-14-11-8-5-2/h7-12,16-21,25-27,29-30,32-33,43,45,48,50,53-54,57,68H,4-6,13-15,22-24,28,31,34-42,44,46-47,49,51-52,55-56,58-67H2,1-3H3/b10-7-,11-8-,12-9-,19-16-,20-17-,21-18-,27-25-,30-29-,33-32-,43-26-,48-45-,53-50-,57-54-. The number of hydrogen-bond donors (Lipinski definition) is 0. The summed E-state index contributed by atoms with van der Waals surface area (Å²) in [5, 5.41) is 0. The summed E-state index contributed by atoms with van der Waals surface area (Å²) in [6, 6.07) is 0. The molecule has 0 fully saturated rings. The van der Waals surface area contributed by atoms with Crippen LogP contribution in [-0.2, 0) is 28.6 Å². The lowest BCUT2D eigenvalue weighted by Gasteiger charge is -2.18. The van der Waals surface area contributed by atoms with Gasteiger partial charge in [0.05, 0.1) is 0 Å². The van der Waals surface area contributed by atoms with Crippen molar-refractivity contribution in [3.05, 3.63) is 158 Å². The highest BCUT2D eigenvalue weighted by Gasteiger charge is 2.19. The largest absolute Gasteiger partial charge is 0.462 e. The first-order valence-electron chi connectivity index (χ1n) is 31.0. The third kappa shape index (κ3) is 61.8. The van der Waals surface area contributed by atoms with E-state index in [1.165, 1.54) is 83.5 Å². The molecule has 0 aliphatic rings. The Morgan fingerprint density at radius 3 is 0.831 bits per heavy atom. The number of ether oxygens (including phenoxy) is 3. The summed E-state index contributed by atoms with van der Waals surface area (Å²) in [6.45, 7) is 6.19. The molecule has 0 aliphatic heterocycles. The molecule has 0 aromatic rings. The minimum Gasteiger partial charge on any atom is -0.462 e. The van der Waals surface area contributed by atoms with Gasteiger partial charge in [-0.3, -0.25) is 14.4 Å². The van der Waals surface area contributed by atoms with Crippen molar-refractivity contribution < 1.29 is 28.6 Å².